The molecule has 1 amide bonds. The van der Waals surface area contributed by atoms with Crippen LogP contribution in [0.4, 0.5) is 5.69 Å². The molecule has 1 atom stereocenters. The third-order valence-electron chi connectivity index (χ3n) is 6.00. The Balaban J connectivity index is 1.47. The standard InChI is InChI=1S/C20H28N2O4/c23-18-6-3-13-26-20(18)7-9-22(10-8-20)19(24)16-4-1-2-5-17(16)21-11-14-25-15-12-21/h1-2,4-5,18,23H,3,6-15H2/t18-/m1/s1. The van der Waals surface area contributed by atoms with Gasteiger partial charge in [-0.1, -0.05) is 12.1 Å². The number of piperidine rings is 1. The van der Waals surface area contributed by atoms with Crippen LogP contribution in [0.2, 0.25) is 0 Å². The predicted octanol–water partition coefficient (Wildman–Crippen LogP) is 1.67. The molecule has 0 aliphatic carbocycles. The summed E-state index contributed by atoms with van der Waals surface area (Å²) in [4.78, 5) is 17.3. The van der Waals surface area contributed by atoms with Crippen LogP contribution in [0.3, 0.4) is 0 Å². The second-order valence-corrected chi connectivity index (χ2v) is 7.48. The van der Waals surface area contributed by atoms with E-state index in [1.54, 1.807) is 0 Å². The SMILES string of the molecule is O=C(c1ccccc1N1CCOCC1)N1CCC2(CC1)OCCC[C@H]2O. The lowest BCUT2D eigenvalue weighted by Gasteiger charge is -2.46. The number of hydrogen-bond acceptors (Lipinski definition) is 5. The van der Waals surface area contributed by atoms with Crippen molar-refractivity contribution in [1.82, 2.24) is 4.90 Å². The van der Waals surface area contributed by atoms with E-state index in [-0.39, 0.29) is 5.91 Å². The average molecular weight is 360 g/mol. The number of anilines is 1. The fourth-order valence-electron chi connectivity index (χ4n) is 4.38. The Morgan fingerprint density at radius 3 is 2.54 bits per heavy atom. The van der Waals surface area contributed by atoms with Crippen molar-refractivity contribution < 1.29 is 19.4 Å². The first kappa shape index (κ1) is 17.8. The molecule has 1 spiro atoms. The minimum Gasteiger partial charge on any atom is -0.390 e. The third kappa shape index (κ3) is 3.33. The predicted molar refractivity (Wildman–Crippen MR) is 98.5 cm³/mol. The topological polar surface area (TPSA) is 62.2 Å². The Hall–Kier alpha value is -1.63. The number of aliphatic hydroxyl groups excluding tert-OH is 1. The van der Waals surface area contributed by atoms with E-state index in [1.807, 2.05) is 29.2 Å². The highest BCUT2D eigenvalue weighted by atomic mass is 16.5. The molecule has 0 unspecified atom stereocenters. The van der Waals surface area contributed by atoms with Crippen molar-refractivity contribution in [3.63, 3.8) is 0 Å². The summed E-state index contributed by atoms with van der Waals surface area (Å²) in [5.74, 6) is 0.0761. The lowest BCUT2D eigenvalue weighted by molar-refractivity contribution is -0.174. The number of nitrogens with zero attached hydrogens (tertiary/aromatic N) is 2. The van der Waals surface area contributed by atoms with Crippen LogP contribution in [0.1, 0.15) is 36.0 Å². The molecule has 3 saturated heterocycles. The molecule has 3 fully saturated rings. The van der Waals surface area contributed by atoms with Crippen molar-refractivity contribution in [3.8, 4) is 0 Å². The summed E-state index contributed by atoms with van der Waals surface area (Å²) in [6.07, 6.45) is 2.72. The van der Waals surface area contributed by atoms with E-state index in [1.165, 1.54) is 0 Å². The summed E-state index contributed by atoms with van der Waals surface area (Å²) < 4.78 is 11.4. The number of para-hydroxylation sites is 1. The highest BCUT2D eigenvalue weighted by Crippen LogP contribution is 2.36. The van der Waals surface area contributed by atoms with Gasteiger partial charge in [-0.05, 0) is 37.8 Å². The zero-order valence-corrected chi connectivity index (χ0v) is 15.2. The molecule has 1 aromatic rings. The van der Waals surface area contributed by atoms with Gasteiger partial charge in [-0.2, -0.15) is 0 Å². The Labute approximate surface area is 154 Å². The van der Waals surface area contributed by atoms with Crippen molar-refractivity contribution >= 4 is 11.6 Å². The molecule has 3 aliphatic rings. The van der Waals surface area contributed by atoms with E-state index in [9.17, 15) is 9.90 Å². The van der Waals surface area contributed by atoms with Gasteiger partial charge in [0.1, 0.15) is 0 Å². The molecule has 3 heterocycles. The minimum atomic E-state index is -0.446. The van der Waals surface area contributed by atoms with Crippen LogP contribution < -0.4 is 4.90 Å². The van der Waals surface area contributed by atoms with Crippen LogP contribution in [-0.4, -0.2) is 73.6 Å². The van der Waals surface area contributed by atoms with Crippen LogP contribution >= 0.6 is 0 Å². The molecule has 0 saturated carbocycles. The van der Waals surface area contributed by atoms with Crippen molar-refractivity contribution in [2.45, 2.75) is 37.4 Å². The van der Waals surface area contributed by atoms with Crippen molar-refractivity contribution in [2.24, 2.45) is 0 Å². The monoisotopic (exact) mass is 360 g/mol. The summed E-state index contributed by atoms with van der Waals surface area (Å²) in [7, 11) is 0. The molecule has 0 aromatic heterocycles. The van der Waals surface area contributed by atoms with Gasteiger partial charge in [0.2, 0.25) is 0 Å². The van der Waals surface area contributed by atoms with E-state index >= 15 is 0 Å². The highest BCUT2D eigenvalue weighted by molar-refractivity contribution is 6.00. The number of rotatable bonds is 2. The first-order chi connectivity index (χ1) is 12.7. The van der Waals surface area contributed by atoms with E-state index in [0.717, 1.165) is 37.2 Å². The van der Waals surface area contributed by atoms with Crippen molar-refractivity contribution in [1.29, 1.82) is 0 Å². The number of ether oxygens (including phenoxy) is 2. The summed E-state index contributed by atoms with van der Waals surface area (Å²) >= 11 is 0. The van der Waals surface area contributed by atoms with Gasteiger partial charge in [-0.25, -0.2) is 0 Å². The number of morpholine rings is 1. The van der Waals surface area contributed by atoms with E-state index in [0.29, 0.717) is 45.8 Å². The fourth-order valence-corrected chi connectivity index (χ4v) is 4.38. The molecule has 142 valence electrons. The molecule has 3 aliphatic heterocycles. The minimum absolute atomic E-state index is 0.0761. The lowest BCUT2D eigenvalue weighted by Crippen LogP contribution is -2.56. The number of aliphatic hydroxyl groups is 1. The number of benzene rings is 1. The summed E-state index contributed by atoms with van der Waals surface area (Å²) in [5, 5.41) is 10.4. The van der Waals surface area contributed by atoms with Crippen LogP contribution in [0.15, 0.2) is 24.3 Å². The molecule has 6 nitrogen and oxygen atoms in total. The molecule has 6 heteroatoms. The number of carbonyl (C=O) groups excluding carboxylic acids is 1. The largest absolute Gasteiger partial charge is 0.390 e. The summed E-state index contributed by atoms with van der Waals surface area (Å²) in [6, 6.07) is 7.86. The van der Waals surface area contributed by atoms with Gasteiger partial charge in [0.25, 0.3) is 5.91 Å². The highest BCUT2D eigenvalue weighted by Gasteiger charge is 2.44. The third-order valence-corrected chi connectivity index (χ3v) is 6.00. The van der Waals surface area contributed by atoms with Gasteiger partial charge >= 0.3 is 0 Å². The number of hydrogen-bond donors (Lipinski definition) is 1. The molecule has 4 rings (SSSR count). The molecular weight excluding hydrogens is 332 g/mol. The first-order valence-corrected chi connectivity index (χ1v) is 9.73. The Kier molecular flexibility index (Phi) is 5.16. The lowest BCUT2D eigenvalue weighted by atomic mass is 9.82. The number of amides is 1. The van der Waals surface area contributed by atoms with Crippen LogP contribution in [0.5, 0.6) is 0 Å². The van der Waals surface area contributed by atoms with E-state index in [2.05, 4.69) is 4.90 Å². The van der Waals surface area contributed by atoms with Gasteiger partial charge in [0, 0.05) is 38.5 Å². The van der Waals surface area contributed by atoms with E-state index < -0.39 is 11.7 Å². The molecule has 1 aromatic carbocycles. The Morgan fingerprint density at radius 1 is 1.08 bits per heavy atom. The van der Waals surface area contributed by atoms with Crippen molar-refractivity contribution in [3.05, 3.63) is 29.8 Å². The van der Waals surface area contributed by atoms with Gasteiger partial charge in [-0.3, -0.25) is 4.79 Å². The fraction of sp³-hybridized carbons (Fsp3) is 0.650. The number of carbonyl (C=O) groups is 1. The average Bonchev–Trinajstić information content (AvgIpc) is 2.71. The second kappa shape index (κ2) is 7.55. The normalized spacial score (nSPS) is 26.1. The molecule has 1 N–H and O–H groups in total. The van der Waals surface area contributed by atoms with Gasteiger partial charge in [0.05, 0.1) is 30.5 Å². The maximum Gasteiger partial charge on any atom is 0.255 e. The zero-order valence-electron chi connectivity index (χ0n) is 15.2. The maximum absolute atomic E-state index is 13.2. The van der Waals surface area contributed by atoms with Crippen LogP contribution in [0.25, 0.3) is 0 Å². The Bertz CT molecular complexity index is 636. The quantitative estimate of drug-likeness (QED) is 0.869. The molecule has 26 heavy (non-hydrogen) atoms. The smallest absolute Gasteiger partial charge is 0.255 e. The molecular formula is C20H28N2O4. The van der Waals surface area contributed by atoms with Crippen molar-refractivity contribution in [2.75, 3.05) is 50.9 Å². The maximum atomic E-state index is 13.2. The molecule has 0 radical (unpaired) electrons. The zero-order chi connectivity index (χ0) is 18.0. The van der Waals surface area contributed by atoms with E-state index in [4.69, 9.17) is 9.47 Å². The first-order valence-electron chi connectivity index (χ1n) is 9.73. The molecule has 0 bridgehead atoms. The Morgan fingerprint density at radius 2 is 1.81 bits per heavy atom. The van der Waals surface area contributed by atoms with Crippen LogP contribution in [-0.2, 0) is 9.47 Å². The van der Waals surface area contributed by atoms with Gasteiger partial charge < -0.3 is 24.4 Å². The van der Waals surface area contributed by atoms with Crippen LogP contribution in [0, 0.1) is 0 Å². The second-order valence-electron chi connectivity index (χ2n) is 7.48. The summed E-state index contributed by atoms with van der Waals surface area (Å²) in [6.45, 7) is 5.00. The number of likely N-dealkylation sites (tertiary alicyclic amines) is 1. The van der Waals surface area contributed by atoms with Gasteiger partial charge in [0.15, 0.2) is 0 Å². The summed E-state index contributed by atoms with van der Waals surface area (Å²) in [5.41, 5.74) is 1.31. The van der Waals surface area contributed by atoms with Gasteiger partial charge in [-0.15, -0.1) is 0 Å².